The van der Waals surface area contributed by atoms with E-state index in [0.717, 1.165) is 64.9 Å². The molecule has 5 nitrogen and oxygen atoms in total. The first-order valence-corrected chi connectivity index (χ1v) is 14.7. The number of rotatable bonds is 5. The molecule has 1 aliphatic heterocycles. The van der Waals surface area contributed by atoms with Crippen LogP contribution in [0.2, 0.25) is 0 Å². The number of aromatic nitrogens is 2. The number of hydrogen-bond donors (Lipinski definition) is 0. The van der Waals surface area contributed by atoms with Gasteiger partial charge in [0.25, 0.3) is 0 Å². The zero-order chi connectivity index (χ0) is 26.5. The molecule has 1 saturated carbocycles. The molecule has 0 spiro atoms. The third-order valence-electron chi connectivity index (χ3n) is 9.34. The number of halogens is 1. The normalized spacial score (nSPS) is 21.5. The summed E-state index contributed by atoms with van der Waals surface area (Å²) in [5, 5.41) is 2.12. The lowest BCUT2D eigenvalue weighted by Crippen LogP contribution is -2.48. The number of pyridine rings is 1. The Labute approximate surface area is 229 Å². The first-order valence-electron chi connectivity index (χ1n) is 14.7. The van der Waals surface area contributed by atoms with Gasteiger partial charge in [-0.05, 0) is 93.0 Å². The molecule has 2 aromatic carbocycles. The van der Waals surface area contributed by atoms with Crippen LogP contribution in [0.15, 0.2) is 42.5 Å². The molecule has 2 aliphatic carbocycles. The lowest BCUT2D eigenvalue weighted by atomic mass is 9.85. The van der Waals surface area contributed by atoms with Crippen LogP contribution in [0.1, 0.15) is 55.5 Å². The van der Waals surface area contributed by atoms with Crippen molar-refractivity contribution in [2.24, 2.45) is 13.0 Å². The molecular formula is C33H38FN3O2. The van der Waals surface area contributed by atoms with Crippen LogP contribution < -0.4 is 9.47 Å². The lowest BCUT2D eigenvalue weighted by molar-refractivity contribution is 0.0313. The average molecular weight is 528 g/mol. The minimum absolute atomic E-state index is 0.0165. The molecule has 1 fully saturated rings. The summed E-state index contributed by atoms with van der Waals surface area (Å²) in [5.74, 6) is 2.06. The highest BCUT2D eigenvalue weighted by Crippen LogP contribution is 2.39. The summed E-state index contributed by atoms with van der Waals surface area (Å²) in [7, 11) is 2.13. The Morgan fingerprint density at radius 3 is 2.74 bits per heavy atom. The molecule has 0 bridgehead atoms. The van der Waals surface area contributed by atoms with Gasteiger partial charge in [0.1, 0.15) is 18.5 Å². The summed E-state index contributed by atoms with van der Waals surface area (Å²) in [4.78, 5) is 7.41. The Bertz CT molecular complexity index is 1520. The molecule has 3 aliphatic rings. The van der Waals surface area contributed by atoms with Crippen LogP contribution in [0, 0.1) is 18.7 Å². The van der Waals surface area contributed by atoms with E-state index >= 15 is 0 Å². The van der Waals surface area contributed by atoms with Gasteiger partial charge in [-0.25, -0.2) is 4.39 Å². The second-order valence-corrected chi connectivity index (χ2v) is 12.0. The van der Waals surface area contributed by atoms with E-state index in [-0.39, 0.29) is 11.9 Å². The standard InChI is InChI=1S/C33H38FN3O2/c1-21-8-11-26-29(35-21)12-15-32-33(26)39-25(20-38-32)19-37(24-6-4-3-5-7-24)18-22-9-13-30-27(16-22)28-17-23(34)10-14-31(28)36(30)2/h8,10-12,14-15,17,22,24-25H,3-7,9,13,16,18-20H2,1-2H3. The number of fused-ring (bicyclic) bond motifs is 6. The fourth-order valence-electron chi connectivity index (χ4n) is 7.36. The van der Waals surface area contributed by atoms with Crippen molar-refractivity contribution in [2.45, 2.75) is 70.4 Å². The van der Waals surface area contributed by atoms with E-state index < -0.39 is 0 Å². The highest BCUT2D eigenvalue weighted by Gasteiger charge is 2.32. The maximum absolute atomic E-state index is 14.2. The van der Waals surface area contributed by atoms with E-state index in [1.807, 2.05) is 31.2 Å². The van der Waals surface area contributed by atoms with E-state index in [1.54, 1.807) is 12.1 Å². The van der Waals surface area contributed by atoms with Gasteiger partial charge in [0.2, 0.25) is 0 Å². The van der Waals surface area contributed by atoms with Crippen molar-refractivity contribution < 1.29 is 13.9 Å². The van der Waals surface area contributed by atoms with Crippen molar-refractivity contribution in [3.05, 3.63) is 65.2 Å². The van der Waals surface area contributed by atoms with Gasteiger partial charge in [-0.1, -0.05) is 19.3 Å². The van der Waals surface area contributed by atoms with Gasteiger partial charge < -0.3 is 14.0 Å². The van der Waals surface area contributed by atoms with E-state index in [0.29, 0.717) is 18.6 Å². The Hall–Kier alpha value is -3.12. The van der Waals surface area contributed by atoms with Crippen molar-refractivity contribution in [1.82, 2.24) is 14.5 Å². The fourth-order valence-corrected chi connectivity index (χ4v) is 7.36. The predicted octanol–water partition coefficient (Wildman–Crippen LogP) is 6.75. The topological polar surface area (TPSA) is 39.5 Å². The van der Waals surface area contributed by atoms with Gasteiger partial charge in [0.05, 0.1) is 5.52 Å². The summed E-state index contributed by atoms with van der Waals surface area (Å²) in [6.07, 6.45) is 9.69. The van der Waals surface area contributed by atoms with E-state index in [9.17, 15) is 4.39 Å². The fraction of sp³-hybridized carbons (Fsp3) is 0.485. The third kappa shape index (κ3) is 4.67. The minimum atomic E-state index is -0.144. The monoisotopic (exact) mass is 527 g/mol. The van der Waals surface area contributed by atoms with Crippen molar-refractivity contribution in [3.63, 3.8) is 0 Å². The molecular weight excluding hydrogens is 489 g/mol. The highest BCUT2D eigenvalue weighted by molar-refractivity contribution is 5.88. The van der Waals surface area contributed by atoms with Crippen LogP contribution in [-0.4, -0.2) is 46.3 Å². The zero-order valence-electron chi connectivity index (χ0n) is 23.1. The predicted molar refractivity (Wildman–Crippen MR) is 153 cm³/mol. The summed E-state index contributed by atoms with van der Waals surface area (Å²) < 4.78 is 29.4. The summed E-state index contributed by atoms with van der Waals surface area (Å²) in [6, 6.07) is 14.0. The van der Waals surface area contributed by atoms with E-state index in [1.165, 1.54) is 49.8 Å². The number of aryl methyl sites for hydroxylation is 2. The third-order valence-corrected chi connectivity index (χ3v) is 9.34. The molecule has 0 radical (unpaired) electrons. The Balaban J connectivity index is 1.13. The quantitative estimate of drug-likeness (QED) is 0.288. The molecule has 0 saturated heterocycles. The van der Waals surface area contributed by atoms with Gasteiger partial charge in [-0.3, -0.25) is 9.88 Å². The molecule has 39 heavy (non-hydrogen) atoms. The molecule has 2 atom stereocenters. The summed E-state index contributed by atoms with van der Waals surface area (Å²) in [6.45, 7) is 4.51. The average Bonchev–Trinajstić information content (AvgIpc) is 3.23. The molecule has 204 valence electrons. The van der Waals surface area contributed by atoms with Crippen molar-refractivity contribution in [1.29, 1.82) is 0 Å². The first-order chi connectivity index (χ1) is 19.0. The SMILES string of the molecule is Cc1ccc2c3c(ccc2n1)OCC(CN(CC1CCc2c(c4cc(F)ccc4n2C)C1)C1CCCCC1)O3. The van der Waals surface area contributed by atoms with Crippen LogP contribution in [0.4, 0.5) is 4.39 Å². The number of nitrogens with zero attached hydrogens (tertiary/aromatic N) is 3. The smallest absolute Gasteiger partial charge is 0.171 e. The largest absolute Gasteiger partial charge is 0.486 e. The van der Waals surface area contributed by atoms with Crippen LogP contribution in [-0.2, 0) is 19.9 Å². The van der Waals surface area contributed by atoms with E-state index in [4.69, 9.17) is 14.5 Å². The highest BCUT2D eigenvalue weighted by atomic mass is 19.1. The van der Waals surface area contributed by atoms with Gasteiger partial charge >= 0.3 is 0 Å². The second-order valence-electron chi connectivity index (χ2n) is 12.0. The molecule has 6 heteroatoms. The van der Waals surface area contributed by atoms with Gasteiger partial charge in [0.15, 0.2) is 11.5 Å². The van der Waals surface area contributed by atoms with Crippen molar-refractivity contribution >= 4 is 21.8 Å². The van der Waals surface area contributed by atoms with Gasteiger partial charge in [-0.2, -0.15) is 0 Å². The van der Waals surface area contributed by atoms with Gasteiger partial charge in [0, 0.05) is 53.9 Å². The van der Waals surface area contributed by atoms with Crippen molar-refractivity contribution in [3.8, 4) is 11.5 Å². The molecule has 7 rings (SSSR count). The second kappa shape index (κ2) is 10.1. The molecule has 3 heterocycles. The lowest BCUT2D eigenvalue weighted by Gasteiger charge is -2.40. The zero-order valence-corrected chi connectivity index (χ0v) is 23.1. The number of benzene rings is 2. The Kier molecular flexibility index (Phi) is 6.46. The van der Waals surface area contributed by atoms with Crippen LogP contribution in [0.5, 0.6) is 11.5 Å². The minimum Gasteiger partial charge on any atom is -0.486 e. The molecule has 2 aromatic heterocycles. The Morgan fingerprint density at radius 1 is 1.00 bits per heavy atom. The van der Waals surface area contributed by atoms with Crippen LogP contribution >= 0.6 is 0 Å². The summed E-state index contributed by atoms with van der Waals surface area (Å²) in [5.41, 5.74) is 5.84. The van der Waals surface area contributed by atoms with Crippen LogP contribution in [0.25, 0.3) is 21.8 Å². The Morgan fingerprint density at radius 2 is 1.87 bits per heavy atom. The maximum atomic E-state index is 14.2. The van der Waals surface area contributed by atoms with E-state index in [2.05, 4.69) is 22.6 Å². The number of ether oxygens (including phenoxy) is 2. The summed E-state index contributed by atoms with van der Waals surface area (Å²) >= 11 is 0. The number of hydrogen-bond acceptors (Lipinski definition) is 4. The van der Waals surface area contributed by atoms with Crippen LogP contribution in [0.3, 0.4) is 0 Å². The molecule has 0 N–H and O–H groups in total. The van der Waals surface area contributed by atoms with Crippen molar-refractivity contribution in [2.75, 3.05) is 19.7 Å². The molecule has 2 unspecified atom stereocenters. The first kappa shape index (κ1) is 24.9. The molecule has 0 amide bonds. The van der Waals surface area contributed by atoms with Gasteiger partial charge in [-0.15, -0.1) is 0 Å². The maximum Gasteiger partial charge on any atom is 0.171 e. The molecule has 4 aromatic rings.